The van der Waals surface area contributed by atoms with Crippen LogP contribution in [0.3, 0.4) is 0 Å². The number of rotatable bonds is 6. The Balaban J connectivity index is 1.64. The Bertz CT molecular complexity index is 279. The van der Waals surface area contributed by atoms with E-state index in [1.165, 1.54) is 0 Å². The monoisotopic (exact) mass is 271 g/mol. The highest BCUT2D eigenvalue weighted by Gasteiger charge is 2.26. The summed E-state index contributed by atoms with van der Waals surface area (Å²) in [6, 6.07) is 0. The molecule has 0 aromatic heterocycles. The maximum Gasteiger partial charge on any atom is 0.310 e. The molecule has 0 aliphatic carbocycles. The third-order valence-corrected chi connectivity index (χ3v) is 3.73. The van der Waals surface area contributed by atoms with Crippen LogP contribution in [0, 0.1) is 5.92 Å². The van der Waals surface area contributed by atoms with Gasteiger partial charge in [-0.05, 0) is 45.7 Å². The van der Waals surface area contributed by atoms with E-state index in [4.69, 9.17) is 14.2 Å². The number of carbonyl (C=O) groups is 1. The van der Waals surface area contributed by atoms with E-state index in [0.717, 1.165) is 58.5 Å². The van der Waals surface area contributed by atoms with E-state index in [-0.39, 0.29) is 18.2 Å². The number of carbonyl (C=O) groups excluding carboxylic acids is 1. The van der Waals surface area contributed by atoms with Crippen LogP contribution >= 0.6 is 0 Å². The molecule has 2 aliphatic rings. The molecule has 0 bridgehead atoms. The Morgan fingerprint density at radius 1 is 1.37 bits per heavy atom. The van der Waals surface area contributed by atoms with Gasteiger partial charge in [0.25, 0.3) is 0 Å². The molecule has 2 rings (SSSR count). The fourth-order valence-corrected chi connectivity index (χ4v) is 2.77. The normalized spacial score (nSPS) is 25.6. The molecular formula is C14H25NO4. The molecule has 5 nitrogen and oxygen atoms in total. The average molecular weight is 271 g/mol. The summed E-state index contributed by atoms with van der Waals surface area (Å²) in [5.41, 5.74) is 0. The second-order valence-electron chi connectivity index (χ2n) is 5.21. The molecule has 0 spiro atoms. The zero-order chi connectivity index (χ0) is 13.5. The first-order valence-corrected chi connectivity index (χ1v) is 7.41. The zero-order valence-corrected chi connectivity index (χ0v) is 11.8. The summed E-state index contributed by atoms with van der Waals surface area (Å²) >= 11 is 0. The molecule has 2 fully saturated rings. The fourth-order valence-electron chi connectivity index (χ4n) is 2.77. The van der Waals surface area contributed by atoms with Crippen molar-refractivity contribution in [2.45, 2.75) is 38.9 Å². The van der Waals surface area contributed by atoms with Gasteiger partial charge in [-0.2, -0.15) is 0 Å². The lowest BCUT2D eigenvalue weighted by Crippen LogP contribution is -2.40. The van der Waals surface area contributed by atoms with Gasteiger partial charge >= 0.3 is 5.97 Å². The van der Waals surface area contributed by atoms with Gasteiger partial charge in [0.05, 0.1) is 25.7 Å². The van der Waals surface area contributed by atoms with Crippen LogP contribution in [-0.4, -0.2) is 56.6 Å². The van der Waals surface area contributed by atoms with E-state index < -0.39 is 0 Å². The van der Waals surface area contributed by atoms with Gasteiger partial charge in [0.1, 0.15) is 0 Å². The molecular weight excluding hydrogens is 246 g/mol. The highest BCUT2D eigenvalue weighted by atomic mass is 16.7. The molecule has 0 aromatic rings. The second kappa shape index (κ2) is 7.82. The van der Waals surface area contributed by atoms with Crippen LogP contribution in [0.15, 0.2) is 0 Å². The zero-order valence-electron chi connectivity index (χ0n) is 11.8. The number of likely N-dealkylation sites (tertiary alicyclic amines) is 1. The summed E-state index contributed by atoms with van der Waals surface area (Å²) in [5.74, 6) is 0.0299. The minimum absolute atomic E-state index is 0.00866. The van der Waals surface area contributed by atoms with Gasteiger partial charge in [-0.1, -0.05) is 0 Å². The molecule has 2 heterocycles. The first kappa shape index (κ1) is 14.8. The molecule has 2 saturated heterocycles. The topological polar surface area (TPSA) is 48.0 Å². The Labute approximate surface area is 115 Å². The van der Waals surface area contributed by atoms with Crippen molar-refractivity contribution in [1.29, 1.82) is 0 Å². The summed E-state index contributed by atoms with van der Waals surface area (Å²) in [5, 5.41) is 0. The van der Waals surface area contributed by atoms with E-state index in [9.17, 15) is 4.79 Å². The first-order valence-electron chi connectivity index (χ1n) is 7.41. The van der Waals surface area contributed by atoms with Crippen LogP contribution in [0.5, 0.6) is 0 Å². The summed E-state index contributed by atoms with van der Waals surface area (Å²) in [6.07, 6.45) is 4.04. The first-order chi connectivity index (χ1) is 9.29. The predicted octanol–water partition coefficient (Wildman–Crippen LogP) is 1.41. The number of ether oxygens (including phenoxy) is 3. The minimum Gasteiger partial charge on any atom is -0.466 e. The van der Waals surface area contributed by atoms with E-state index in [1.807, 2.05) is 6.92 Å². The number of hydrogen-bond acceptors (Lipinski definition) is 5. The summed E-state index contributed by atoms with van der Waals surface area (Å²) < 4.78 is 15.9. The lowest BCUT2D eigenvalue weighted by molar-refractivity contribution is -0.150. The van der Waals surface area contributed by atoms with Gasteiger partial charge in [-0.3, -0.25) is 4.79 Å². The molecule has 1 atom stereocenters. The van der Waals surface area contributed by atoms with E-state index in [0.29, 0.717) is 6.61 Å². The van der Waals surface area contributed by atoms with Gasteiger partial charge in [-0.25, -0.2) is 0 Å². The Morgan fingerprint density at radius 3 is 2.89 bits per heavy atom. The Kier molecular flexibility index (Phi) is 6.07. The molecule has 110 valence electrons. The van der Waals surface area contributed by atoms with Crippen LogP contribution in [-0.2, 0) is 19.0 Å². The molecule has 0 aromatic carbocycles. The SMILES string of the molecule is CCOC(=O)C1CCCN(CCCC2OCCO2)C1. The summed E-state index contributed by atoms with van der Waals surface area (Å²) in [6.45, 7) is 6.72. The lowest BCUT2D eigenvalue weighted by atomic mass is 9.98. The van der Waals surface area contributed by atoms with Gasteiger partial charge in [-0.15, -0.1) is 0 Å². The van der Waals surface area contributed by atoms with Gasteiger partial charge in [0, 0.05) is 6.54 Å². The van der Waals surface area contributed by atoms with Gasteiger partial charge in [0.2, 0.25) is 0 Å². The fraction of sp³-hybridized carbons (Fsp3) is 0.929. The van der Waals surface area contributed by atoms with E-state index >= 15 is 0 Å². The van der Waals surface area contributed by atoms with Crippen molar-refractivity contribution in [1.82, 2.24) is 4.90 Å². The maximum absolute atomic E-state index is 11.7. The number of piperidine rings is 1. The molecule has 19 heavy (non-hydrogen) atoms. The largest absolute Gasteiger partial charge is 0.466 e. The van der Waals surface area contributed by atoms with Gasteiger partial charge in [0.15, 0.2) is 6.29 Å². The van der Waals surface area contributed by atoms with E-state index in [2.05, 4.69) is 4.90 Å². The van der Waals surface area contributed by atoms with Crippen molar-refractivity contribution in [3.8, 4) is 0 Å². The maximum atomic E-state index is 11.7. The molecule has 0 radical (unpaired) electrons. The Hall–Kier alpha value is -0.650. The molecule has 0 saturated carbocycles. The van der Waals surface area contributed by atoms with Crippen LogP contribution in [0.1, 0.15) is 32.6 Å². The number of hydrogen-bond donors (Lipinski definition) is 0. The minimum atomic E-state index is -0.0327. The highest BCUT2D eigenvalue weighted by Crippen LogP contribution is 2.19. The molecule has 2 aliphatic heterocycles. The number of nitrogens with zero attached hydrogens (tertiary/aromatic N) is 1. The summed E-state index contributed by atoms with van der Waals surface area (Å²) in [4.78, 5) is 14.1. The smallest absolute Gasteiger partial charge is 0.310 e. The van der Waals surface area contributed by atoms with Crippen molar-refractivity contribution in [3.05, 3.63) is 0 Å². The van der Waals surface area contributed by atoms with Crippen molar-refractivity contribution >= 4 is 5.97 Å². The molecule has 0 N–H and O–H groups in total. The predicted molar refractivity (Wildman–Crippen MR) is 70.7 cm³/mol. The molecule has 0 amide bonds. The quantitative estimate of drug-likeness (QED) is 0.684. The van der Waals surface area contributed by atoms with Crippen LogP contribution in [0.4, 0.5) is 0 Å². The molecule has 5 heteroatoms. The third-order valence-electron chi connectivity index (χ3n) is 3.73. The average Bonchev–Trinajstić information content (AvgIpc) is 2.93. The number of esters is 1. The van der Waals surface area contributed by atoms with E-state index in [1.54, 1.807) is 0 Å². The van der Waals surface area contributed by atoms with Crippen LogP contribution < -0.4 is 0 Å². The van der Waals surface area contributed by atoms with Crippen molar-refractivity contribution in [3.63, 3.8) is 0 Å². The highest BCUT2D eigenvalue weighted by molar-refractivity contribution is 5.72. The summed E-state index contributed by atoms with van der Waals surface area (Å²) in [7, 11) is 0. The molecule has 1 unspecified atom stereocenters. The van der Waals surface area contributed by atoms with Crippen molar-refractivity contribution < 1.29 is 19.0 Å². The Morgan fingerprint density at radius 2 is 2.16 bits per heavy atom. The lowest BCUT2D eigenvalue weighted by Gasteiger charge is -2.31. The van der Waals surface area contributed by atoms with Gasteiger partial charge < -0.3 is 19.1 Å². The van der Waals surface area contributed by atoms with Crippen molar-refractivity contribution in [2.75, 3.05) is 39.5 Å². The van der Waals surface area contributed by atoms with Crippen molar-refractivity contribution in [2.24, 2.45) is 5.92 Å². The third kappa shape index (κ3) is 4.75. The van der Waals surface area contributed by atoms with Crippen LogP contribution in [0.25, 0.3) is 0 Å². The standard InChI is InChI=1S/C14H25NO4/c1-2-17-14(16)12-5-3-7-15(11-12)8-4-6-13-18-9-10-19-13/h12-13H,2-11H2,1H3. The second-order valence-corrected chi connectivity index (χ2v) is 5.21. The van der Waals surface area contributed by atoms with Crippen LogP contribution in [0.2, 0.25) is 0 Å².